The van der Waals surface area contributed by atoms with E-state index >= 15 is 0 Å². The molecule has 0 unspecified atom stereocenters. The Hall–Kier alpha value is -1.83. The Bertz CT molecular complexity index is 432. The minimum Gasteiger partial charge on any atom is -0.350 e. The minimum absolute atomic E-state index is 0.704. The van der Waals surface area contributed by atoms with Gasteiger partial charge in [0.2, 0.25) is 0 Å². The number of hydrogen-bond donors (Lipinski definition) is 0. The van der Waals surface area contributed by atoms with Crippen molar-refractivity contribution < 1.29 is 4.79 Å². The molecule has 0 bridgehead atoms. The summed E-state index contributed by atoms with van der Waals surface area (Å²) in [6.07, 6.45) is 2.68. The third-order valence-corrected chi connectivity index (χ3v) is 2.43. The average Bonchev–Trinajstić information content (AvgIpc) is 2.23. The maximum Gasteiger partial charge on any atom is 0.152 e. The Balaban J connectivity index is 2.66. The molecule has 0 fully saturated rings. The summed E-state index contributed by atoms with van der Waals surface area (Å²) in [7, 11) is 1.89. The zero-order valence-electron chi connectivity index (χ0n) is 8.03. The molecule has 2 rings (SSSR count). The molecule has 1 heterocycles. The van der Waals surface area contributed by atoms with Crippen LogP contribution >= 0.6 is 0 Å². The lowest BCUT2D eigenvalue weighted by Gasteiger charge is -2.25. The highest BCUT2D eigenvalue weighted by atomic mass is 16.1. The van der Waals surface area contributed by atoms with Crippen LogP contribution in [0.2, 0.25) is 0 Å². The van der Waals surface area contributed by atoms with E-state index in [2.05, 4.69) is 6.58 Å². The molecule has 0 spiro atoms. The van der Waals surface area contributed by atoms with Gasteiger partial charge in [0.25, 0.3) is 0 Å². The van der Waals surface area contributed by atoms with Gasteiger partial charge in [-0.3, -0.25) is 4.79 Å². The first-order valence-corrected chi connectivity index (χ1v) is 4.42. The van der Waals surface area contributed by atoms with Crippen LogP contribution < -0.4 is 0 Å². The lowest BCUT2D eigenvalue weighted by atomic mass is 9.96. The molecule has 0 saturated heterocycles. The molecule has 1 aliphatic rings. The standard InChI is InChI=1S/C12H11NO/c1-9-11-5-3-4-6-12(11)10(8-14)7-13(9)2/h3-8H,1H2,2H3. The fourth-order valence-corrected chi connectivity index (χ4v) is 1.63. The van der Waals surface area contributed by atoms with Gasteiger partial charge >= 0.3 is 0 Å². The summed E-state index contributed by atoms with van der Waals surface area (Å²) in [5, 5.41) is 0. The molecule has 0 aliphatic carbocycles. The third kappa shape index (κ3) is 1.16. The van der Waals surface area contributed by atoms with Crippen molar-refractivity contribution in [2.45, 2.75) is 0 Å². The first-order valence-electron chi connectivity index (χ1n) is 4.42. The largest absolute Gasteiger partial charge is 0.350 e. The van der Waals surface area contributed by atoms with Crippen LogP contribution in [0.5, 0.6) is 0 Å². The zero-order valence-corrected chi connectivity index (χ0v) is 8.03. The summed E-state index contributed by atoms with van der Waals surface area (Å²) in [4.78, 5) is 12.7. The first kappa shape index (κ1) is 8.75. The van der Waals surface area contributed by atoms with Crippen LogP contribution in [0.3, 0.4) is 0 Å². The van der Waals surface area contributed by atoms with E-state index in [4.69, 9.17) is 0 Å². The van der Waals surface area contributed by atoms with Crippen LogP contribution in [-0.4, -0.2) is 18.2 Å². The molecule has 14 heavy (non-hydrogen) atoms. The number of aldehydes is 1. The number of rotatable bonds is 1. The van der Waals surface area contributed by atoms with Crippen molar-refractivity contribution in [1.82, 2.24) is 4.90 Å². The number of nitrogens with zero attached hydrogens (tertiary/aromatic N) is 1. The second-order valence-electron chi connectivity index (χ2n) is 3.31. The number of carbonyl (C=O) groups excluding carboxylic acids is 1. The molecule has 0 amide bonds. The van der Waals surface area contributed by atoms with Gasteiger partial charge in [-0.15, -0.1) is 0 Å². The van der Waals surface area contributed by atoms with Crippen LogP contribution in [0.15, 0.2) is 37.0 Å². The average molecular weight is 185 g/mol. The number of benzene rings is 1. The maximum absolute atomic E-state index is 10.9. The summed E-state index contributed by atoms with van der Waals surface area (Å²) in [5.74, 6) is 0. The summed E-state index contributed by atoms with van der Waals surface area (Å²) in [6, 6.07) is 7.79. The number of carbonyl (C=O) groups is 1. The predicted molar refractivity (Wildman–Crippen MR) is 57.3 cm³/mol. The van der Waals surface area contributed by atoms with Crippen molar-refractivity contribution in [3.8, 4) is 0 Å². The molecule has 1 aromatic rings. The van der Waals surface area contributed by atoms with Crippen LogP contribution in [0.1, 0.15) is 11.1 Å². The van der Waals surface area contributed by atoms with E-state index in [1.54, 1.807) is 6.20 Å². The van der Waals surface area contributed by atoms with Gasteiger partial charge in [-0.2, -0.15) is 0 Å². The Morgan fingerprint density at radius 2 is 1.93 bits per heavy atom. The summed E-state index contributed by atoms with van der Waals surface area (Å²) in [6.45, 7) is 3.97. The molecule has 1 aromatic carbocycles. The molecule has 0 saturated carbocycles. The van der Waals surface area contributed by atoms with Crippen molar-refractivity contribution in [2.24, 2.45) is 0 Å². The SMILES string of the molecule is C=C1c2ccccc2C(C=O)=CN1C. The van der Waals surface area contributed by atoms with Gasteiger partial charge in [0.1, 0.15) is 0 Å². The Labute approximate surface area is 83.2 Å². The van der Waals surface area contributed by atoms with E-state index in [1.165, 1.54) is 0 Å². The molecule has 0 aromatic heterocycles. The predicted octanol–water partition coefficient (Wildman–Crippen LogP) is 2.14. The maximum atomic E-state index is 10.9. The number of fused-ring (bicyclic) bond motifs is 1. The van der Waals surface area contributed by atoms with Crippen LogP contribution in [0, 0.1) is 0 Å². The molecule has 2 nitrogen and oxygen atoms in total. The van der Waals surface area contributed by atoms with E-state index in [0.717, 1.165) is 23.1 Å². The van der Waals surface area contributed by atoms with Gasteiger partial charge in [-0.05, 0) is 5.56 Å². The van der Waals surface area contributed by atoms with Gasteiger partial charge in [0.05, 0.1) is 0 Å². The van der Waals surface area contributed by atoms with E-state index in [9.17, 15) is 4.79 Å². The summed E-state index contributed by atoms with van der Waals surface area (Å²) >= 11 is 0. The molecule has 0 atom stereocenters. The Kier molecular flexibility index (Phi) is 1.97. The first-order chi connectivity index (χ1) is 6.74. The van der Waals surface area contributed by atoms with Crippen molar-refractivity contribution in [2.75, 3.05) is 7.05 Å². The van der Waals surface area contributed by atoms with Gasteiger partial charge in [0, 0.05) is 30.1 Å². The lowest BCUT2D eigenvalue weighted by Crippen LogP contribution is -2.15. The van der Waals surface area contributed by atoms with E-state index in [1.807, 2.05) is 36.2 Å². The summed E-state index contributed by atoms with van der Waals surface area (Å²) < 4.78 is 0. The second kappa shape index (κ2) is 3.14. The topological polar surface area (TPSA) is 20.3 Å². The second-order valence-corrected chi connectivity index (χ2v) is 3.31. The Morgan fingerprint density at radius 1 is 1.29 bits per heavy atom. The quantitative estimate of drug-likeness (QED) is 0.625. The van der Waals surface area contributed by atoms with Crippen molar-refractivity contribution in [3.05, 3.63) is 48.2 Å². The fourth-order valence-electron chi connectivity index (χ4n) is 1.63. The van der Waals surface area contributed by atoms with Crippen molar-refractivity contribution in [3.63, 3.8) is 0 Å². The van der Waals surface area contributed by atoms with Gasteiger partial charge in [0.15, 0.2) is 6.29 Å². The van der Waals surface area contributed by atoms with Crippen molar-refractivity contribution >= 4 is 17.6 Å². The monoisotopic (exact) mass is 185 g/mol. The highest BCUT2D eigenvalue weighted by Gasteiger charge is 2.16. The smallest absolute Gasteiger partial charge is 0.152 e. The van der Waals surface area contributed by atoms with Gasteiger partial charge in [-0.1, -0.05) is 30.8 Å². The van der Waals surface area contributed by atoms with E-state index in [-0.39, 0.29) is 0 Å². The van der Waals surface area contributed by atoms with Crippen LogP contribution in [0.25, 0.3) is 11.3 Å². The van der Waals surface area contributed by atoms with E-state index < -0.39 is 0 Å². The Morgan fingerprint density at radius 3 is 2.57 bits per heavy atom. The van der Waals surface area contributed by atoms with Gasteiger partial charge < -0.3 is 4.90 Å². The highest BCUT2D eigenvalue weighted by molar-refractivity contribution is 6.10. The molecular formula is C12H11NO. The number of allylic oxidation sites excluding steroid dienone is 1. The highest BCUT2D eigenvalue weighted by Crippen LogP contribution is 2.30. The molecule has 2 heteroatoms. The molecule has 0 radical (unpaired) electrons. The molecular weight excluding hydrogens is 174 g/mol. The normalized spacial score (nSPS) is 14.8. The fraction of sp³-hybridized carbons (Fsp3) is 0.0833. The molecule has 0 N–H and O–H groups in total. The van der Waals surface area contributed by atoms with Crippen LogP contribution in [0.4, 0.5) is 0 Å². The zero-order chi connectivity index (χ0) is 10.1. The van der Waals surface area contributed by atoms with E-state index in [0.29, 0.717) is 5.57 Å². The molecule has 70 valence electrons. The van der Waals surface area contributed by atoms with Crippen LogP contribution in [-0.2, 0) is 4.79 Å². The minimum atomic E-state index is 0.704. The number of hydrogen-bond acceptors (Lipinski definition) is 2. The molecule has 1 aliphatic heterocycles. The lowest BCUT2D eigenvalue weighted by molar-refractivity contribution is -0.103. The summed E-state index contributed by atoms with van der Waals surface area (Å²) in [5.41, 5.74) is 3.62. The van der Waals surface area contributed by atoms with Crippen molar-refractivity contribution in [1.29, 1.82) is 0 Å². The third-order valence-electron chi connectivity index (χ3n) is 2.43. The van der Waals surface area contributed by atoms with Gasteiger partial charge in [-0.25, -0.2) is 0 Å².